The lowest BCUT2D eigenvalue weighted by Gasteiger charge is -1.94. The molecule has 0 amide bonds. The summed E-state index contributed by atoms with van der Waals surface area (Å²) in [5.41, 5.74) is 2.48. The van der Waals surface area contributed by atoms with Crippen LogP contribution in [-0.2, 0) is 0 Å². The van der Waals surface area contributed by atoms with E-state index in [1.54, 1.807) is 0 Å². The normalized spacial score (nSPS) is 10.3. The molecule has 0 aliphatic heterocycles. The van der Waals surface area contributed by atoms with Crippen LogP contribution in [0, 0.1) is 6.92 Å². The van der Waals surface area contributed by atoms with Crippen LogP contribution in [-0.4, -0.2) is 4.98 Å². The Morgan fingerprint density at radius 3 is 2.40 bits per heavy atom. The molecule has 0 fully saturated rings. The number of nitrogens with zero attached hydrogens (tertiary/aromatic N) is 1. The van der Waals surface area contributed by atoms with Crippen LogP contribution in [0.5, 0.6) is 0 Å². The minimum absolute atomic E-state index is 0.539. The molecule has 2 aromatic rings. The van der Waals surface area contributed by atoms with E-state index in [1.165, 1.54) is 15.3 Å². The van der Waals surface area contributed by atoms with Crippen molar-refractivity contribution >= 4 is 21.6 Å². The number of rotatable bonds is 1. The number of hydrogen-bond acceptors (Lipinski definition) is 2. The van der Waals surface area contributed by atoms with Gasteiger partial charge in [0.05, 0.1) is 15.2 Å². The largest absolute Gasteiger partial charge is 0.241 e. The molecule has 0 saturated carbocycles. The smallest absolute Gasteiger partial charge is 0.0964 e. The highest BCUT2D eigenvalue weighted by Crippen LogP contribution is 2.29. The van der Waals surface area contributed by atoms with Gasteiger partial charge < -0.3 is 0 Å². The Kier molecular flexibility index (Phi) is 4.28. The molecule has 1 nitrogen and oxygen atoms in total. The molecule has 0 aliphatic rings. The van der Waals surface area contributed by atoms with Gasteiger partial charge in [-0.1, -0.05) is 39.8 Å². The minimum Gasteiger partial charge on any atom is -0.241 e. The lowest BCUT2D eigenvalue weighted by atomic mass is 10.2. The summed E-state index contributed by atoms with van der Waals surface area (Å²) in [6.07, 6.45) is 0. The number of thiazole rings is 1. The van der Waals surface area contributed by atoms with Gasteiger partial charge in [-0.25, -0.2) is 4.98 Å². The van der Waals surface area contributed by atoms with Gasteiger partial charge in [-0.15, -0.1) is 11.3 Å². The molecule has 2 rings (SSSR count). The van der Waals surface area contributed by atoms with Crippen molar-refractivity contribution in [2.45, 2.75) is 40.5 Å². The molecule has 15 heavy (non-hydrogen) atoms. The van der Waals surface area contributed by atoms with E-state index in [0.29, 0.717) is 5.92 Å². The van der Waals surface area contributed by atoms with Crippen molar-refractivity contribution in [1.29, 1.82) is 0 Å². The fourth-order valence-electron chi connectivity index (χ4n) is 1.35. The highest BCUT2D eigenvalue weighted by Gasteiger charge is 2.07. The SMILES string of the molecule is CC.Cc1cccc2nc(C(C)C)sc12. The van der Waals surface area contributed by atoms with Crippen molar-refractivity contribution in [3.63, 3.8) is 0 Å². The number of hydrogen-bond donors (Lipinski definition) is 0. The molecular weight excluding hydrogens is 202 g/mol. The Bertz CT molecular complexity index is 429. The van der Waals surface area contributed by atoms with Crippen molar-refractivity contribution in [2.75, 3.05) is 0 Å². The second-order valence-corrected chi connectivity index (χ2v) is 4.66. The zero-order chi connectivity index (χ0) is 11.4. The van der Waals surface area contributed by atoms with E-state index in [2.05, 4.69) is 44.0 Å². The molecule has 0 bridgehead atoms. The lowest BCUT2D eigenvalue weighted by molar-refractivity contribution is 0.857. The Labute approximate surface area is 96.2 Å². The number of aromatic nitrogens is 1. The summed E-state index contributed by atoms with van der Waals surface area (Å²) >= 11 is 1.82. The predicted molar refractivity (Wildman–Crippen MR) is 69.8 cm³/mol. The second-order valence-electron chi connectivity index (χ2n) is 3.63. The standard InChI is InChI=1S/C11H13NS.C2H6/c1-7(2)11-12-9-6-4-5-8(3)10(9)13-11;1-2/h4-7H,1-3H3;1-2H3. The first-order chi connectivity index (χ1) is 7.18. The predicted octanol–water partition coefficient (Wildman–Crippen LogP) is 4.75. The molecule has 0 saturated heterocycles. The van der Waals surface area contributed by atoms with Crippen molar-refractivity contribution in [3.8, 4) is 0 Å². The Hall–Kier alpha value is -0.890. The average Bonchev–Trinajstić information content (AvgIpc) is 2.66. The molecular formula is C13H19NS. The summed E-state index contributed by atoms with van der Waals surface area (Å²) < 4.78 is 1.34. The molecule has 2 heteroatoms. The van der Waals surface area contributed by atoms with Gasteiger partial charge in [0.15, 0.2) is 0 Å². The van der Waals surface area contributed by atoms with E-state index in [9.17, 15) is 0 Å². The number of aryl methyl sites for hydroxylation is 1. The van der Waals surface area contributed by atoms with Gasteiger partial charge in [-0.05, 0) is 18.6 Å². The van der Waals surface area contributed by atoms with Gasteiger partial charge >= 0.3 is 0 Å². The van der Waals surface area contributed by atoms with Gasteiger partial charge in [0.25, 0.3) is 0 Å². The molecule has 82 valence electrons. The van der Waals surface area contributed by atoms with Gasteiger partial charge in [-0.3, -0.25) is 0 Å². The zero-order valence-corrected chi connectivity index (χ0v) is 11.0. The monoisotopic (exact) mass is 221 g/mol. The van der Waals surface area contributed by atoms with E-state index < -0.39 is 0 Å². The molecule has 0 unspecified atom stereocenters. The van der Waals surface area contributed by atoms with Gasteiger partial charge in [0.2, 0.25) is 0 Å². The average molecular weight is 221 g/mol. The summed E-state index contributed by atoms with van der Waals surface area (Å²) in [5.74, 6) is 0.539. The van der Waals surface area contributed by atoms with Crippen LogP contribution in [0.1, 0.15) is 44.2 Å². The van der Waals surface area contributed by atoms with Gasteiger partial charge in [-0.2, -0.15) is 0 Å². The fraction of sp³-hybridized carbons (Fsp3) is 0.462. The quantitative estimate of drug-likeness (QED) is 0.677. The molecule has 0 N–H and O–H groups in total. The molecule has 1 aromatic carbocycles. The summed E-state index contributed by atoms with van der Waals surface area (Å²) in [7, 11) is 0. The maximum atomic E-state index is 4.59. The minimum atomic E-state index is 0.539. The molecule has 0 spiro atoms. The van der Waals surface area contributed by atoms with Crippen molar-refractivity contribution in [2.24, 2.45) is 0 Å². The van der Waals surface area contributed by atoms with Crippen molar-refractivity contribution < 1.29 is 0 Å². The summed E-state index contributed by atoms with van der Waals surface area (Å²) in [6.45, 7) is 10.5. The van der Waals surface area contributed by atoms with Crippen LogP contribution in [0.2, 0.25) is 0 Å². The van der Waals surface area contributed by atoms with Crippen LogP contribution < -0.4 is 0 Å². The molecule has 0 radical (unpaired) electrons. The van der Waals surface area contributed by atoms with E-state index in [-0.39, 0.29) is 0 Å². The Balaban J connectivity index is 0.000000531. The maximum Gasteiger partial charge on any atom is 0.0964 e. The first-order valence-corrected chi connectivity index (χ1v) is 6.36. The number of benzene rings is 1. The van der Waals surface area contributed by atoms with Crippen LogP contribution in [0.15, 0.2) is 18.2 Å². The molecule has 1 aromatic heterocycles. The summed E-state index contributed by atoms with van der Waals surface area (Å²) in [4.78, 5) is 4.59. The van der Waals surface area contributed by atoms with Crippen LogP contribution in [0.3, 0.4) is 0 Å². The molecule has 1 heterocycles. The van der Waals surface area contributed by atoms with Crippen LogP contribution >= 0.6 is 11.3 Å². The molecule has 0 atom stereocenters. The van der Waals surface area contributed by atoms with Gasteiger partial charge in [0, 0.05) is 5.92 Å². The van der Waals surface area contributed by atoms with E-state index >= 15 is 0 Å². The summed E-state index contributed by atoms with van der Waals surface area (Å²) in [6, 6.07) is 6.30. The maximum absolute atomic E-state index is 4.59. The van der Waals surface area contributed by atoms with Crippen LogP contribution in [0.4, 0.5) is 0 Å². The van der Waals surface area contributed by atoms with E-state index in [0.717, 1.165) is 5.52 Å². The third kappa shape index (κ3) is 2.57. The van der Waals surface area contributed by atoms with Crippen LogP contribution in [0.25, 0.3) is 10.2 Å². The van der Waals surface area contributed by atoms with E-state index in [1.807, 2.05) is 25.2 Å². The second kappa shape index (κ2) is 5.26. The van der Waals surface area contributed by atoms with Crippen molar-refractivity contribution in [3.05, 3.63) is 28.8 Å². The first kappa shape index (κ1) is 12.2. The van der Waals surface area contributed by atoms with E-state index in [4.69, 9.17) is 0 Å². The third-order valence-electron chi connectivity index (χ3n) is 2.12. The molecule has 0 aliphatic carbocycles. The summed E-state index contributed by atoms with van der Waals surface area (Å²) in [5, 5.41) is 1.24. The number of fused-ring (bicyclic) bond motifs is 1. The lowest BCUT2D eigenvalue weighted by Crippen LogP contribution is -1.82. The highest BCUT2D eigenvalue weighted by atomic mass is 32.1. The Morgan fingerprint density at radius 1 is 1.20 bits per heavy atom. The topological polar surface area (TPSA) is 12.9 Å². The zero-order valence-electron chi connectivity index (χ0n) is 10.2. The Morgan fingerprint density at radius 2 is 1.87 bits per heavy atom. The third-order valence-corrected chi connectivity index (χ3v) is 3.63. The van der Waals surface area contributed by atoms with Crippen molar-refractivity contribution in [1.82, 2.24) is 4.98 Å². The van der Waals surface area contributed by atoms with Gasteiger partial charge in [0.1, 0.15) is 0 Å². The fourth-order valence-corrected chi connectivity index (χ4v) is 2.39. The first-order valence-electron chi connectivity index (χ1n) is 5.54. The highest BCUT2D eigenvalue weighted by molar-refractivity contribution is 7.18.